The van der Waals surface area contributed by atoms with Crippen molar-refractivity contribution in [3.63, 3.8) is 0 Å². The Hall–Kier alpha value is -1.66. The van der Waals surface area contributed by atoms with Crippen LogP contribution >= 0.6 is 11.3 Å². The molecular weight excluding hydrogens is 260 g/mol. The van der Waals surface area contributed by atoms with Crippen LogP contribution in [0.1, 0.15) is 16.3 Å². The first kappa shape index (κ1) is 13.8. The van der Waals surface area contributed by atoms with Crippen molar-refractivity contribution >= 4 is 23.0 Å². The lowest BCUT2D eigenvalue weighted by atomic mass is 10.3. The quantitative estimate of drug-likeness (QED) is 0.850. The average Bonchev–Trinajstić information content (AvgIpc) is 2.82. The number of aryl methyl sites for hydroxylation is 1. The summed E-state index contributed by atoms with van der Waals surface area (Å²) in [4.78, 5) is 10.1. The van der Waals surface area contributed by atoms with Gasteiger partial charge in [-0.1, -0.05) is 0 Å². The minimum Gasteiger partial charge on any atom is -0.377 e. The summed E-state index contributed by atoms with van der Waals surface area (Å²) in [5, 5.41) is 8.45. The number of ether oxygens (including phenoxy) is 1. The molecule has 0 saturated heterocycles. The van der Waals surface area contributed by atoms with Crippen molar-refractivity contribution in [3.8, 4) is 0 Å². The number of hydrogen-bond acceptors (Lipinski definition) is 6. The Morgan fingerprint density at radius 3 is 2.74 bits per heavy atom. The van der Waals surface area contributed by atoms with Crippen molar-refractivity contribution in [2.24, 2.45) is 0 Å². The van der Waals surface area contributed by atoms with Crippen LogP contribution in [0, 0.1) is 6.92 Å². The minimum absolute atomic E-state index is 0.405. The zero-order chi connectivity index (χ0) is 13.7. The number of methoxy groups -OCH3 is 1. The number of aromatic nitrogens is 2. The van der Waals surface area contributed by atoms with E-state index in [9.17, 15) is 0 Å². The van der Waals surface area contributed by atoms with Crippen molar-refractivity contribution < 1.29 is 4.74 Å². The van der Waals surface area contributed by atoms with Crippen molar-refractivity contribution in [2.75, 3.05) is 24.8 Å². The molecule has 0 aliphatic heterocycles. The molecule has 102 valence electrons. The van der Waals surface area contributed by atoms with Crippen molar-refractivity contribution in [3.05, 3.63) is 33.8 Å². The van der Waals surface area contributed by atoms with Crippen LogP contribution in [0.3, 0.4) is 0 Å². The fraction of sp³-hybridized carbons (Fsp3) is 0.385. The molecule has 5 nitrogen and oxygen atoms in total. The van der Waals surface area contributed by atoms with E-state index in [2.05, 4.69) is 39.0 Å². The van der Waals surface area contributed by atoms with Gasteiger partial charge in [-0.05, 0) is 23.9 Å². The lowest BCUT2D eigenvalue weighted by molar-refractivity contribution is 0.178. The summed E-state index contributed by atoms with van der Waals surface area (Å²) >= 11 is 1.75. The molecule has 0 spiro atoms. The first-order valence-corrected chi connectivity index (χ1v) is 6.92. The fourth-order valence-electron chi connectivity index (χ4n) is 1.67. The van der Waals surface area contributed by atoms with E-state index in [-0.39, 0.29) is 0 Å². The van der Waals surface area contributed by atoms with E-state index >= 15 is 0 Å². The number of rotatable bonds is 6. The van der Waals surface area contributed by atoms with Gasteiger partial charge in [-0.2, -0.15) is 0 Å². The van der Waals surface area contributed by atoms with Gasteiger partial charge in [0.2, 0.25) is 0 Å². The largest absolute Gasteiger partial charge is 0.377 e. The molecule has 6 heteroatoms. The molecule has 2 heterocycles. The predicted octanol–water partition coefficient (Wildman–Crippen LogP) is 2.65. The first-order valence-electron chi connectivity index (χ1n) is 6.04. The van der Waals surface area contributed by atoms with Crippen LogP contribution < -0.4 is 10.6 Å². The Kier molecular flexibility index (Phi) is 4.70. The van der Waals surface area contributed by atoms with Gasteiger partial charge in [0.1, 0.15) is 18.2 Å². The van der Waals surface area contributed by atoms with E-state index < -0.39 is 0 Å². The maximum absolute atomic E-state index is 5.07. The van der Waals surface area contributed by atoms with Crippen LogP contribution in [0.25, 0.3) is 0 Å². The van der Waals surface area contributed by atoms with Gasteiger partial charge in [-0.25, -0.2) is 9.97 Å². The van der Waals surface area contributed by atoms with E-state index in [1.165, 1.54) is 10.4 Å². The van der Waals surface area contributed by atoms with Gasteiger partial charge in [-0.3, -0.25) is 0 Å². The molecule has 2 aromatic rings. The molecule has 0 aliphatic rings. The molecule has 2 rings (SSSR count). The summed E-state index contributed by atoms with van der Waals surface area (Å²) in [5.74, 6) is 2.26. The van der Waals surface area contributed by atoms with Gasteiger partial charge in [0, 0.05) is 25.1 Å². The molecule has 0 unspecified atom stereocenters. The smallest absolute Gasteiger partial charge is 0.158 e. The maximum atomic E-state index is 5.07. The molecule has 2 N–H and O–H groups in total. The van der Waals surface area contributed by atoms with Crippen LogP contribution in [0.15, 0.2) is 17.5 Å². The number of hydrogen-bond donors (Lipinski definition) is 2. The molecule has 0 fully saturated rings. The van der Waals surface area contributed by atoms with Gasteiger partial charge in [0.15, 0.2) is 5.82 Å². The Morgan fingerprint density at radius 2 is 2.11 bits per heavy atom. The maximum Gasteiger partial charge on any atom is 0.158 e. The molecule has 0 saturated carbocycles. The monoisotopic (exact) mass is 278 g/mol. The summed E-state index contributed by atoms with van der Waals surface area (Å²) in [5.41, 5.74) is 1.30. The number of anilines is 2. The zero-order valence-electron chi connectivity index (χ0n) is 11.4. The lowest BCUT2D eigenvalue weighted by Gasteiger charge is -2.09. The Morgan fingerprint density at radius 1 is 1.32 bits per heavy atom. The number of nitrogens with one attached hydrogen (secondary N) is 2. The van der Waals surface area contributed by atoms with Crippen LogP contribution in [-0.2, 0) is 17.9 Å². The molecule has 0 atom stereocenters. The molecule has 0 bridgehead atoms. The summed E-state index contributed by atoms with van der Waals surface area (Å²) in [6.07, 6.45) is 0. The minimum atomic E-state index is 0.405. The summed E-state index contributed by atoms with van der Waals surface area (Å²) in [6.45, 7) is 3.29. The third-order valence-corrected chi connectivity index (χ3v) is 3.72. The van der Waals surface area contributed by atoms with Crippen LogP contribution in [-0.4, -0.2) is 24.1 Å². The fourth-order valence-corrected chi connectivity index (χ4v) is 2.51. The molecule has 19 heavy (non-hydrogen) atoms. The van der Waals surface area contributed by atoms with Crippen molar-refractivity contribution in [1.29, 1.82) is 0 Å². The number of thiophene rings is 1. The van der Waals surface area contributed by atoms with Gasteiger partial charge in [-0.15, -0.1) is 11.3 Å². The van der Waals surface area contributed by atoms with Crippen molar-refractivity contribution in [1.82, 2.24) is 9.97 Å². The molecule has 0 amide bonds. The highest BCUT2D eigenvalue weighted by atomic mass is 32.1. The van der Waals surface area contributed by atoms with E-state index in [4.69, 9.17) is 4.74 Å². The molecular formula is C13H18N4OS. The molecule has 0 aliphatic carbocycles. The van der Waals surface area contributed by atoms with E-state index in [1.54, 1.807) is 18.4 Å². The molecule has 2 aromatic heterocycles. The van der Waals surface area contributed by atoms with Gasteiger partial charge in [0.05, 0.1) is 6.54 Å². The molecule has 0 aromatic carbocycles. The Labute approximate surface area is 117 Å². The highest BCUT2D eigenvalue weighted by molar-refractivity contribution is 7.10. The average molecular weight is 278 g/mol. The second kappa shape index (κ2) is 6.49. The third kappa shape index (κ3) is 3.65. The highest BCUT2D eigenvalue weighted by Crippen LogP contribution is 2.18. The Balaban J connectivity index is 2.10. The third-order valence-electron chi connectivity index (χ3n) is 2.70. The number of nitrogens with zero attached hydrogens (tertiary/aromatic N) is 2. The second-order valence-electron chi connectivity index (χ2n) is 4.12. The van der Waals surface area contributed by atoms with Gasteiger partial charge < -0.3 is 15.4 Å². The van der Waals surface area contributed by atoms with E-state index in [1.807, 2.05) is 13.1 Å². The first-order chi connectivity index (χ1) is 9.22. The van der Waals surface area contributed by atoms with Gasteiger partial charge in [0.25, 0.3) is 0 Å². The SMILES string of the molecule is CNc1cc(NCc2sccc2C)nc(COC)n1. The second-order valence-corrected chi connectivity index (χ2v) is 5.12. The molecule has 0 radical (unpaired) electrons. The van der Waals surface area contributed by atoms with E-state index in [0.717, 1.165) is 18.2 Å². The van der Waals surface area contributed by atoms with Crippen molar-refractivity contribution in [2.45, 2.75) is 20.1 Å². The summed E-state index contributed by atoms with van der Waals surface area (Å²) in [6, 6.07) is 4.01. The van der Waals surface area contributed by atoms with Gasteiger partial charge >= 0.3 is 0 Å². The lowest BCUT2D eigenvalue weighted by Crippen LogP contribution is -2.07. The standard InChI is InChI=1S/C13H18N4OS/c1-9-4-5-19-10(9)7-15-12-6-11(14-2)16-13(17-12)8-18-3/h4-6H,7-8H2,1-3H3,(H2,14,15,16,17). The Bertz CT molecular complexity index is 541. The van der Waals surface area contributed by atoms with E-state index in [0.29, 0.717) is 12.4 Å². The van der Waals surface area contributed by atoms with Crippen LogP contribution in [0.4, 0.5) is 11.6 Å². The predicted molar refractivity (Wildman–Crippen MR) is 78.7 cm³/mol. The summed E-state index contributed by atoms with van der Waals surface area (Å²) < 4.78 is 5.07. The highest BCUT2D eigenvalue weighted by Gasteiger charge is 2.05. The van der Waals surface area contributed by atoms with Crippen LogP contribution in [0.2, 0.25) is 0 Å². The normalized spacial score (nSPS) is 10.5. The topological polar surface area (TPSA) is 59.1 Å². The van der Waals surface area contributed by atoms with Crippen LogP contribution in [0.5, 0.6) is 0 Å². The summed E-state index contributed by atoms with van der Waals surface area (Å²) in [7, 11) is 3.48. The zero-order valence-corrected chi connectivity index (χ0v) is 12.2.